The molecule has 0 spiro atoms. The number of hydrogen-bond donors (Lipinski definition) is 0. The van der Waals surface area contributed by atoms with Crippen molar-refractivity contribution in [2.45, 2.75) is 57.7 Å². The highest BCUT2D eigenvalue weighted by atomic mass is 35.5. The molecule has 0 aromatic heterocycles. The second kappa shape index (κ2) is 9.34. The number of hydrogen-bond acceptors (Lipinski definition) is 2. The minimum absolute atomic E-state index is 0.0506. The molecule has 0 unspecified atom stereocenters. The summed E-state index contributed by atoms with van der Waals surface area (Å²) < 4.78 is 42.2. The predicted molar refractivity (Wildman–Crippen MR) is 122 cm³/mol. The van der Waals surface area contributed by atoms with E-state index in [0.717, 1.165) is 35.8 Å². The molecule has 2 aromatic rings. The first kappa shape index (κ1) is 23.0. The summed E-state index contributed by atoms with van der Waals surface area (Å²) in [6, 6.07) is 10.7. The summed E-state index contributed by atoms with van der Waals surface area (Å²) >= 11 is 6.41. The molecule has 0 bridgehead atoms. The van der Waals surface area contributed by atoms with Crippen molar-refractivity contribution in [3.63, 3.8) is 0 Å². The van der Waals surface area contributed by atoms with E-state index in [1.54, 1.807) is 6.07 Å². The van der Waals surface area contributed by atoms with Gasteiger partial charge in [0.05, 0.1) is 16.3 Å². The Morgan fingerprint density at radius 2 is 1.84 bits per heavy atom. The van der Waals surface area contributed by atoms with Gasteiger partial charge < -0.3 is 9.80 Å². The maximum absolute atomic E-state index is 14.1. The molecule has 1 saturated carbocycles. The largest absolute Gasteiger partial charge is 0.418 e. The van der Waals surface area contributed by atoms with Gasteiger partial charge in [-0.05, 0) is 42.0 Å². The number of alkyl halides is 3. The van der Waals surface area contributed by atoms with Crippen LogP contribution >= 0.6 is 11.6 Å². The van der Waals surface area contributed by atoms with Crippen LogP contribution in [-0.4, -0.2) is 19.5 Å². The zero-order valence-corrected chi connectivity index (χ0v) is 19.0. The Kier molecular flexibility index (Phi) is 6.70. The Balaban J connectivity index is 1.60. The van der Waals surface area contributed by atoms with Crippen molar-refractivity contribution in [2.24, 2.45) is 5.92 Å². The van der Waals surface area contributed by atoms with Gasteiger partial charge in [-0.1, -0.05) is 61.5 Å². The molecule has 1 heterocycles. The van der Waals surface area contributed by atoms with Gasteiger partial charge in [-0.15, -0.1) is 0 Å². The molecule has 4 rings (SSSR count). The molecule has 32 heavy (non-hydrogen) atoms. The van der Waals surface area contributed by atoms with Crippen LogP contribution in [0.2, 0.25) is 5.02 Å². The first-order chi connectivity index (χ1) is 15.2. The fourth-order valence-corrected chi connectivity index (χ4v) is 5.30. The van der Waals surface area contributed by atoms with Gasteiger partial charge in [0.1, 0.15) is 0 Å². The smallest absolute Gasteiger partial charge is 0.367 e. The van der Waals surface area contributed by atoms with E-state index in [-0.39, 0.29) is 23.0 Å². The van der Waals surface area contributed by atoms with Crippen LogP contribution in [0, 0.1) is 5.92 Å². The molecule has 0 N–H and O–H groups in total. The SMILES string of the molecule is CN(C(=O)CCC1CCCC1)c1c(Cl)cc(N2CCc3ccccc3C2)cc1C(F)(F)F. The van der Waals surface area contributed by atoms with Gasteiger partial charge >= 0.3 is 6.18 Å². The number of carbonyl (C=O) groups excluding carboxylic acids is 1. The third kappa shape index (κ3) is 4.90. The minimum Gasteiger partial charge on any atom is -0.367 e. The molecule has 1 amide bonds. The summed E-state index contributed by atoms with van der Waals surface area (Å²) in [5.74, 6) is 0.165. The third-order valence-electron chi connectivity index (χ3n) is 6.80. The molecule has 1 aliphatic carbocycles. The maximum atomic E-state index is 14.1. The average Bonchev–Trinajstić information content (AvgIpc) is 3.29. The lowest BCUT2D eigenvalue weighted by molar-refractivity contribution is -0.137. The Morgan fingerprint density at radius 1 is 1.16 bits per heavy atom. The van der Waals surface area contributed by atoms with Gasteiger partial charge in [0.2, 0.25) is 5.91 Å². The zero-order chi connectivity index (χ0) is 22.9. The van der Waals surface area contributed by atoms with E-state index in [9.17, 15) is 18.0 Å². The molecule has 1 aliphatic heterocycles. The van der Waals surface area contributed by atoms with Crippen LogP contribution in [0.3, 0.4) is 0 Å². The van der Waals surface area contributed by atoms with Crippen LogP contribution < -0.4 is 9.80 Å². The summed E-state index contributed by atoms with van der Waals surface area (Å²) in [5, 5.41) is -0.0506. The lowest BCUT2D eigenvalue weighted by atomic mass is 9.99. The Bertz CT molecular complexity index is 986. The van der Waals surface area contributed by atoms with Gasteiger partial charge in [-0.2, -0.15) is 13.2 Å². The molecule has 0 radical (unpaired) electrons. The highest BCUT2D eigenvalue weighted by Crippen LogP contribution is 2.44. The number of benzene rings is 2. The Morgan fingerprint density at radius 3 is 2.53 bits per heavy atom. The van der Waals surface area contributed by atoms with Crippen LogP contribution in [0.15, 0.2) is 36.4 Å². The van der Waals surface area contributed by atoms with Crippen LogP contribution in [0.5, 0.6) is 0 Å². The molecule has 2 aromatic carbocycles. The second-order valence-corrected chi connectivity index (χ2v) is 9.31. The quantitative estimate of drug-likeness (QED) is 0.482. The van der Waals surface area contributed by atoms with E-state index in [4.69, 9.17) is 11.6 Å². The van der Waals surface area contributed by atoms with Gasteiger partial charge in [-0.3, -0.25) is 4.79 Å². The van der Waals surface area contributed by atoms with Crippen molar-refractivity contribution < 1.29 is 18.0 Å². The van der Waals surface area contributed by atoms with E-state index in [1.165, 1.54) is 25.5 Å². The molecule has 1 fully saturated rings. The standard InChI is InChI=1S/C25H28ClF3N2O/c1-30(23(32)11-10-17-6-2-3-7-17)24-21(25(27,28)29)14-20(15-22(24)26)31-13-12-18-8-4-5-9-19(18)16-31/h4-5,8-9,14-15,17H,2-3,6-7,10-13,16H2,1H3. The highest BCUT2D eigenvalue weighted by Gasteiger charge is 2.38. The van der Waals surface area contributed by atoms with Crippen molar-refractivity contribution in [3.05, 3.63) is 58.1 Å². The lowest BCUT2D eigenvalue weighted by Crippen LogP contribution is -2.32. The number of nitrogens with zero attached hydrogens (tertiary/aromatic N) is 2. The summed E-state index contributed by atoms with van der Waals surface area (Å²) in [6.45, 7) is 1.14. The number of fused-ring (bicyclic) bond motifs is 1. The predicted octanol–water partition coefficient (Wildman–Crippen LogP) is 6.85. The topological polar surface area (TPSA) is 23.6 Å². The van der Waals surface area contributed by atoms with Crippen molar-refractivity contribution in [1.29, 1.82) is 0 Å². The average molecular weight is 465 g/mol. The number of rotatable bonds is 5. The van der Waals surface area contributed by atoms with Gasteiger partial charge in [0.25, 0.3) is 0 Å². The van der Waals surface area contributed by atoms with Crippen molar-refractivity contribution in [3.8, 4) is 0 Å². The number of halogens is 4. The van der Waals surface area contributed by atoms with Crippen molar-refractivity contribution in [1.82, 2.24) is 0 Å². The van der Waals surface area contributed by atoms with Crippen LogP contribution in [0.25, 0.3) is 0 Å². The molecule has 2 aliphatic rings. The molecule has 7 heteroatoms. The third-order valence-corrected chi connectivity index (χ3v) is 7.09. The molecular weight excluding hydrogens is 437 g/mol. The normalized spacial score (nSPS) is 16.8. The highest BCUT2D eigenvalue weighted by molar-refractivity contribution is 6.34. The van der Waals surface area contributed by atoms with E-state index in [1.807, 2.05) is 23.1 Å². The van der Waals surface area contributed by atoms with Crippen molar-refractivity contribution in [2.75, 3.05) is 23.4 Å². The summed E-state index contributed by atoms with van der Waals surface area (Å²) in [7, 11) is 1.39. The fraction of sp³-hybridized carbons (Fsp3) is 0.480. The van der Waals surface area contributed by atoms with Crippen LogP contribution in [0.4, 0.5) is 24.5 Å². The molecule has 0 atom stereocenters. The first-order valence-corrected chi connectivity index (χ1v) is 11.6. The second-order valence-electron chi connectivity index (χ2n) is 8.90. The Labute approximate surface area is 192 Å². The number of carbonyl (C=O) groups is 1. The van der Waals surface area contributed by atoms with Gasteiger partial charge in [-0.25, -0.2) is 0 Å². The van der Waals surface area contributed by atoms with Crippen LogP contribution in [0.1, 0.15) is 55.2 Å². The van der Waals surface area contributed by atoms with Crippen LogP contribution in [-0.2, 0) is 23.9 Å². The summed E-state index contributed by atoms with van der Waals surface area (Å²) in [6.07, 6.45) is 1.62. The fourth-order valence-electron chi connectivity index (χ4n) is 4.96. The Hall–Kier alpha value is -2.21. The molecule has 172 valence electrons. The lowest BCUT2D eigenvalue weighted by Gasteiger charge is -2.32. The number of amides is 1. The molecule has 0 saturated heterocycles. The summed E-state index contributed by atoms with van der Waals surface area (Å²) in [5.41, 5.74) is 1.63. The van der Waals surface area contributed by atoms with Gasteiger partial charge in [0.15, 0.2) is 0 Å². The van der Waals surface area contributed by atoms with E-state index >= 15 is 0 Å². The zero-order valence-electron chi connectivity index (χ0n) is 18.2. The van der Waals surface area contributed by atoms with Gasteiger partial charge in [0, 0.05) is 32.2 Å². The van der Waals surface area contributed by atoms with Crippen molar-refractivity contribution >= 4 is 28.9 Å². The number of anilines is 2. The monoisotopic (exact) mass is 464 g/mol. The van der Waals surface area contributed by atoms with E-state index < -0.39 is 11.7 Å². The van der Waals surface area contributed by atoms with E-state index in [2.05, 4.69) is 6.07 Å². The summed E-state index contributed by atoms with van der Waals surface area (Å²) in [4.78, 5) is 15.7. The minimum atomic E-state index is -4.62. The molecule has 3 nitrogen and oxygen atoms in total. The molecular formula is C25H28ClF3N2O. The first-order valence-electron chi connectivity index (χ1n) is 11.2. The van der Waals surface area contributed by atoms with E-state index in [0.29, 0.717) is 31.1 Å². The maximum Gasteiger partial charge on any atom is 0.418 e.